The molecule has 6 nitrogen and oxygen atoms in total. The normalized spacial score (nSPS) is 13.1. The number of ether oxygens (including phenoxy) is 2. The fourth-order valence-corrected chi connectivity index (χ4v) is 1.84. The first kappa shape index (κ1) is 21.4. The maximum Gasteiger partial charge on any atom is 0.408 e. The minimum absolute atomic E-state index is 0.212. The molecule has 0 bridgehead atoms. The van der Waals surface area contributed by atoms with Gasteiger partial charge in [0.15, 0.2) is 0 Å². The van der Waals surface area contributed by atoms with E-state index in [-0.39, 0.29) is 5.97 Å². The van der Waals surface area contributed by atoms with Crippen LogP contribution in [-0.4, -0.2) is 35.6 Å². The third kappa shape index (κ3) is 13.8. The van der Waals surface area contributed by atoms with Gasteiger partial charge in [0, 0.05) is 6.42 Å². The van der Waals surface area contributed by atoms with E-state index >= 15 is 0 Å². The Balaban J connectivity index is 3.90. The maximum absolute atomic E-state index is 11.6. The number of hydrogen-bond donors (Lipinski definition) is 1. The Morgan fingerprint density at radius 1 is 0.957 bits per heavy atom. The summed E-state index contributed by atoms with van der Waals surface area (Å²) in [6.07, 6.45) is 3.23. The molecule has 0 aliphatic heterocycles. The fourth-order valence-electron chi connectivity index (χ4n) is 1.84. The Hall–Kier alpha value is -1.59. The molecular weight excluding hydrogens is 298 g/mol. The van der Waals surface area contributed by atoms with Gasteiger partial charge in [-0.05, 0) is 54.4 Å². The quantitative estimate of drug-likeness (QED) is 0.419. The number of nitrogens with one attached hydrogen (secondary N) is 1. The van der Waals surface area contributed by atoms with Crippen molar-refractivity contribution in [1.82, 2.24) is 5.32 Å². The number of aldehydes is 1. The third-order valence-corrected chi connectivity index (χ3v) is 2.68. The van der Waals surface area contributed by atoms with E-state index in [0.29, 0.717) is 25.5 Å². The van der Waals surface area contributed by atoms with Crippen LogP contribution >= 0.6 is 0 Å². The number of hydrogen-bond acceptors (Lipinski definition) is 5. The second-order valence-electron chi connectivity index (χ2n) is 7.57. The molecule has 0 radical (unpaired) electrons. The van der Waals surface area contributed by atoms with Gasteiger partial charge < -0.3 is 19.6 Å². The van der Waals surface area contributed by atoms with E-state index in [1.54, 1.807) is 20.8 Å². The molecule has 0 aromatic heterocycles. The summed E-state index contributed by atoms with van der Waals surface area (Å²) in [5.74, 6) is -0.212. The minimum Gasteiger partial charge on any atom is -0.460 e. The van der Waals surface area contributed by atoms with Crippen molar-refractivity contribution in [2.24, 2.45) is 0 Å². The van der Waals surface area contributed by atoms with Crippen LogP contribution in [0.1, 0.15) is 73.6 Å². The van der Waals surface area contributed by atoms with Crippen molar-refractivity contribution >= 4 is 18.3 Å². The number of esters is 1. The van der Waals surface area contributed by atoms with E-state index in [0.717, 1.165) is 12.8 Å². The van der Waals surface area contributed by atoms with Crippen LogP contribution in [0.5, 0.6) is 0 Å². The standard InChI is InChI=1S/C17H31NO5/c1-16(2,3)22-14(20)11-9-7-8-10-13(12-19)18-15(21)23-17(4,5)6/h12-13H,7-11H2,1-6H3,(H,18,21)/t13-/m0/s1. The van der Waals surface area contributed by atoms with Gasteiger partial charge in [0.25, 0.3) is 0 Å². The second kappa shape index (κ2) is 9.53. The fraction of sp³-hybridized carbons (Fsp3) is 0.824. The van der Waals surface area contributed by atoms with Crippen LogP contribution in [0.25, 0.3) is 0 Å². The summed E-state index contributed by atoms with van der Waals surface area (Å²) in [6.45, 7) is 10.8. The van der Waals surface area contributed by atoms with Crippen LogP contribution in [0, 0.1) is 0 Å². The van der Waals surface area contributed by atoms with Gasteiger partial charge in [0.1, 0.15) is 17.5 Å². The van der Waals surface area contributed by atoms with E-state index in [1.165, 1.54) is 0 Å². The molecule has 1 amide bonds. The highest BCUT2D eigenvalue weighted by Gasteiger charge is 2.19. The van der Waals surface area contributed by atoms with Gasteiger partial charge in [-0.3, -0.25) is 4.79 Å². The van der Waals surface area contributed by atoms with Gasteiger partial charge in [-0.1, -0.05) is 12.8 Å². The molecule has 23 heavy (non-hydrogen) atoms. The lowest BCUT2D eigenvalue weighted by Gasteiger charge is -2.21. The number of alkyl carbamates (subject to hydrolysis) is 1. The molecule has 0 aliphatic rings. The number of unbranched alkanes of at least 4 members (excludes halogenated alkanes) is 2. The van der Waals surface area contributed by atoms with Crippen molar-refractivity contribution in [2.75, 3.05) is 0 Å². The largest absolute Gasteiger partial charge is 0.460 e. The number of amides is 1. The van der Waals surface area contributed by atoms with Crippen molar-refractivity contribution in [3.63, 3.8) is 0 Å². The number of carbonyl (C=O) groups is 3. The molecule has 0 heterocycles. The van der Waals surface area contributed by atoms with E-state index < -0.39 is 23.3 Å². The van der Waals surface area contributed by atoms with Gasteiger partial charge in [0.2, 0.25) is 0 Å². The van der Waals surface area contributed by atoms with E-state index in [1.807, 2.05) is 20.8 Å². The highest BCUT2D eigenvalue weighted by atomic mass is 16.6. The molecule has 0 rings (SSSR count). The monoisotopic (exact) mass is 329 g/mol. The third-order valence-electron chi connectivity index (χ3n) is 2.68. The number of rotatable bonds is 8. The Kier molecular flexibility index (Phi) is 8.87. The topological polar surface area (TPSA) is 81.7 Å². The zero-order chi connectivity index (χ0) is 18.1. The SMILES string of the molecule is CC(C)(C)OC(=O)CCCCC[C@@H](C=O)NC(=O)OC(C)(C)C. The molecular formula is C17H31NO5. The van der Waals surface area contributed by atoms with Gasteiger partial charge >= 0.3 is 12.1 Å². The highest BCUT2D eigenvalue weighted by Crippen LogP contribution is 2.12. The van der Waals surface area contributed by atoms with Crippen molar-refractivity contribution in [3.8, 4) is 0 Å². The average Bonchev–Trinajstić information content (AvgIpc) is 2.32. The molecule has 1 N–H and O–H groups in total. The van der Waals surface area contributed by atoms with Gasteiger partial charge in [-0.2, -0.15) is 0 Å². The molecule has 0 saturated heterocycles. The first-order chi connectivity index (χ1) is 10.4. The summed E-state index contributed by atoms with van der Waals surface area (Å²) >= 11 is 0. The lowest BCUT2D eigenvalue weighted by molar-refractivity contribution is -0.154. The second-order valence-corrected chi connectivity index (χ2v) is 7.57. The van der Waals surface area contributed by atoms with Gasteiger partial charge in [-0.15, -0.1) is 0 Å². The molecule has 0 saturated carbocycles. The van der Waals surface area contributed by atoms with Crippen LogP contribution < -0.4 is 5.32 Å². The van der Waals surface area contributed by atoms with E-state index in [9.17, 15) is 14.4 Å². The van der Waals surface area contributed by atoms with Crippen molar-refractivity contribution in [2.45, 2.75) is 90.9 Å². The number of carbonyl (C=O) groups excluding carboxylic acids is 3. The summed E-state index contributed by atoms with van der Waals surface area (Å²) < 4.78 is 10.3. The maximum atomic E-state index is 11.6. The predicted octanol–water partition coefficient (Wildman–Crippen LogP) is 3.37. The lowest BCUT2D eigenvalue weighted by atomic mass is 10.1. The Bertz CT molecular complexity index is 393. The van der Waals surface area contributed by atoms with Crippen LogP contribution in [0.2, 0.25) is 0 Å². The molecule has 0 aromatic carbocycles. The summed E-state index contributed by atoms with van der Waals surface area (Å²) in [6, 6.07) is -0.564. The van der Waals surface area contributed by atoms with Crippen molar-refractivity contribution in [3.05, 3.63) is 0 Å². The van der Waals surface area contributed by atoms with Gasteiger partial charge in [0.05, 0.1) is 6.04 Å². The minimum atomic E-state index is -0.594. The molecule has 1 atom stereocenters. The zero-order valence-electron chi connectivity index (χ0n) is 15.2. The van der Waals surface area contributed by atoms with Crippen molar-refractivity contribution in [1.29, 1.82) is 0 Å². The van der Waals surface area contributed by atoms with Gasteiger partial charge in [-0.25, -0.2) is 4.79 Å². The Morgan fingerprint density at radius 2 is 1.52 bits per heavy atom. The molecule has 6 heteroatoms. The zero-order valence-corrected chi connectivity index (χ0v) is 15.2. The molecule has 0 spiro atoms. The molecule has 0 aliphatic carbocycles. The van der Waals surface area contributed by atoms with Crippen LogP contribution in [-0.2, 0) is 19.1 Å². The first-order valence-corrected chi connectivity index (χ1v) is 8.09. The molecule has 0 aromatic rings. The van der Waals surface area contributed by atoms with Crippen LogP contribution in [0.15, 0.2) is 0 Å². The molecule has 0 fully saturated rings. The summed E-state index contributed by atoms with van der Waals surface area (Å²) in [5, 5.41) is 2.53. The van der Waals surface area contributed by atoms with Crippen LogP contribution in [0.4, 0.5) is 4.79 Å². The van der Waals surface area contributed by atoms with Crippen LogP contribution in [0.3, 0.4) is 0 Å². The van der Waals surface area contributed by atoms with Crippen molar-refractivity contribution < 1.29 is 23.9 Å². The Labute approximate surface area is 139 Å². The summed E-state index contributed by atoms with van der Waals surface area (Å²) in [5.41, 5.74) is -1.05. The molecule has 134 valence electrons. The Morgan fingerprint density at radius 3 is 2.00 bits per heavy atom. The summed E-state index contributed by atoms with van der Waals surface area (Å²) in [7, 11) is 0. The van der Waals surface area contributed by atoms with E-state index in [4.69, 9.17) is 9.47 Å². The predicted molar refractivity (Wildman–Crippen MR) is 88.2 cm³/mol. The lowest BCUT2D eigenvalue weighted by Crippen LogP contribution is -2.39. The smallest absolute Gasteiger partial charge is 0.408 e. The average molecular weight is 329 g/mol. The summed E-state index contributed by atoms with van der Waals surface area (Å²) in [4.78, 5) is 34.1. The first-order valence-electron chi connectivity index (χ1n) is 8.09. The van der Waals surface area contributed by atoms with E-state index in [2.05, 4.69) is 5.32 Å². The molecule has 0 unspecified atom stereocenters. The highest BCUT2D eigenvalue weighted by molar-refractivity contribution is 5.73.